The second-order valence-electron chi connectivity index (χ2n) is 5.15. The van der Waals surface area contributed by atoms with Crippen LogP contribution in [0.15, 0.2) is 40.8 Å². The number of methoxy groups -OCH3 is 1. The van der Waals surface area contributed by atoms with E-state index in [1.807, 2.05) is 43.3 Å². The van der Waals surface area contributed by atoms with Crippen LogP contribution in [0.1, 0.15) is 11.1 Å². The fraction of sp³-hybridized carbons (Fsp3) is 0.176. The van der Waals surface area contributed by atoms with E-state index in [0.717, 1.165) is 22.4 Å². The van der Waals surface area contributed by atoms with Crippen LogP contribution in [0.3, 0.4) is 0 Å². The average molecular weight is 296 g/mol. The minimum absolute atomic E-state index is 0.218. The van der Waals surface area contributed by atoms with Gasteiger partial charge in [-0.05, 0) is 48.4 Å². The quantitative estimate of drug-likeness (QED) is 0.593. The number of benzene rings is 2. The Kier molecular flexibility index (Phi) is 3.55. The standard InChI is InChI=1S/C17H16N2O3/c1-10-7-12(4-5-13(10)18)17-19-14-8-11(9-16(20)21-2)3-6-15(14)22-17/h3-8H,9,18H2,1-2H3. The van der Waals surface area contributed by atoms with Gasteiger partial charge in [0, 0.05) is 11.3 Å². The molecular formula is C17H16N2O3. The maximum Gasteiger partial charge on any atom is 0.309 e. The van der Waals surface area contributed by atoms with Crippen molar-refractivity contribution in [1.82, 2.24) is 4.98 Å². The molecule has 2 aromatic carbocycles. The van der Waals surface area contributed by atoms with Crippen LogP contribution in [-0.4, -0.2) is 18.1 Å². The van der Waals surface area contributed by atoms with Gasteiger partial charge in [0.25, 0.3) is 0 Å². The van der Waals surface area contributed by atoms with Gasteiger partial charge in [-0.1, -0.05) is 6.07 Å². The molecule has 0 unspecified atom stereocenters. The zero-order valence-electron chi connectivity index (χ0n) is 12.4. The highest BCUT2D eigenvalue weighted by Gasteiger charge is 2.11. The number of nitrogens with two attached hydrogens (primary N) is 1. The van der Waals surface area contributed by atoms with Crippen LogP contribution in [0.4, 0.5) is 5.69 Å². The summed E-state index contributed by atoms with van der Waals surface area (Å²) in [6, 6.07) is 11.1. The van der Waals surface area contributed by atoms with E-state index in [0.29, 0.717) is 17.0 Å². The Balaban J connectivity index is 1.98. The van der Waals surface area contributed by atoms with Crippen molar-refractivity contribution in [1.29, 1.82) is 0 Å². The molecular weight excluding hydrogens is 280 g/mol. The first kappa shape index (κ1) is 14.1. The molecule has 0 atom stereocenters. The van der Waals surface area contributed by atoms with Crippen molar-refractivity contribution < 1.29 is 13.9 Å². The van der Waals surface area contributed by atoms with Gasteiger partial charge < -0.3 is 14.9 Å². The number of nitrogen functional groups attached to an aromatic ring is 1. The van der Waals surface area contributed by atoms with Gasteiger partial charge in [-0.25, -0.2) is 4.98 Å². The number of hydrogen-bond acceptors (Lipinski definition) is 5. The normalized spacial score (nSPS) is 10.8. The molecule has 112 valence electrons. The van der Waals surface area contributed by atoms with Gasteiger partial charge in [0.1, 0.15) is 5.52 Å². The van der Waals surface area contributed by atoms with E-state index < -0.39 is 0 Å². The lowest BCUT2D eigenvalue weighted by molar-refractivity contribution is -0.139. The number of aromatic nitrogens is 1. The van der Waals surface area contributed by atoms with Crippen LogP contribution >= 0.6 is 0 Å². The molecule has 0 spiro atoms. The molecule has 1 heterocycles. The first-order valence-electron chi connectivity index (χ1n) is 6.89. The topological polar surface area (TPSA) is 78.3 Å². The minimum atomic E-state index is -0.280. The van der Waals surface area contributed by atoms with Crippen LogP contribution in [-0.2, 0) is 16.0 Å². The van der Waals surface area contributed by atoms with Crippen LogP contribution < -0.4 is 5.73 Å². The van der Waals surface area contributed by atoms with Crippen LogP contribution in [0.5, 0.6) is 0 Å². The number of rotatable bonds is 3. The van der Waals surface area contributed by atoms with E-state index in [-0.39, 0.29) is 12.4 Å². The maximum absolute atomic E-state index is 11.3. The number of fused-ring (bicyclic) bond motifs is 1. The van der Waals surface area contributed by atoms with Gasteiger partial charge in [0.05, 0.1) is 13.5 Å². The number of aryl methyl sites for hydroxylation is 1. The number of hydrogen-bond donors (Lipinski definition) is 1. The van der Waals surface area contributed by atoms with E-state index in [1.54, 1.807) is 0 Å². The summed E-state index contributed by atoms with van der Waals surface area (Å²) >= 11 is 0. The molecule has 2 N–H and O–H groups in total. The third-order valence-electron chi connectivity index (χ3n) is 3.54. The van der Waals surface area contributed by atoms with E-state index in [4.69, 9.17) is 10.2 Å². The number of oxazole rings is 1. The van der Waals surface area contributed by atoms with E-state index in [2.05, 4.69) is 9.72 Å². The Labute approximate surface area is 127 Å². The summed E-state index contributed by atoms with van der Waals surface area (Å²) in [6.45, 7) is 1.94. The molecule has 3 rings (SSSR count). The summed E-state index contributed by atoms with van der Waals surface area (Å²) in [6.07, 6.45) is 0.218. The molecule has 0 saturated heterocycles. The van der Waals surface area contributed by atoms with Gasteiger partial charge in [0.2, 0.25) is 5.89 Å². The minimum Gasteiger partial charge on any atom is -0.469 e. The number of ether oxygens (including phenoxy) is 1. The molecule has 0 aliphatic carbocycles. The lowest BCUT2D eigenvalue weighted by Gasteiger charge is -2.00. The molecule has 0 amide bonds. The first-order chi connectivity index (χ1) is 10.6. The molecule has 3 aromatic rings. The fourth-order valence-electron chi connectivity index (χ4n) is 2.25. The highest BCUT2D eigenvalue weighted by molar-refractivity contribution is 5.79. The SMILES string of the molecule is COC(=O)Cc1ccc2oc(-c3ccc(N)c(C)c3)nc2c1. The zero-order chi connectivity index (χ0) is 15.7. The third-order valence-corrected chi connectivity index (χ3v) is 3.54. The van der Waals surface area contributed by atoms with Crippen molar-refractivity contribution in [3.8, 4) is 11.5 Å². The fourth-order valence-corrected chi connectivity index (χ4v) is 2.25. The van der Waals surface area contributed by atoms with Crippen molar-refractivity contribution in [3.63, 3.8) is 0 Å². The molecule has 0 bridgehead atoms. The number of carbonyl (C=O) groups excluding carboxylic acids is 1. The Morgan fingerprint density at radius 3 is 2.82 bits per heavy atom. The summed E-state index contributed by atoms with van der Waals surface area (Å²) in [5.74, 6) is 0.255. The summed E-state index contributed by atoms with van der Waals surface area (Å²) in [7, 11) is 1.37. The largest absolute Gasteiger partial charge is 0.469 e. The van der Waals surface area contributed by atoms with Gasteiger partial charge in [0.15, 0.2) is 5.58 Å². The lowest BCUT2D eigenvalue weighted by Crippen LogP contribution is -2.04. The average Bonchev–Trinajstić information content (AvgIpc) is 2.93. The van der Waals surface area contributed by atoms with E-state index in [9.17, 15) is 4.79 Å². The number of esters is 1. The predicted octanol–water partition coefficient (Wildman–Crippen LogP) is 3.10. The molecule has 0 radical (unpaired) electrons. The lowest BCUT2D eigenvalue weighted by atomic mass is 10.1. The summed E-state index contributed by atoms with van der Waals surface area (Å²) in [5, 5.41) is 0. The Bertz CT molecular complexity index is 852. The predicted molar refractivity (Wildman–Crippen MR) is 84.3 cm³/mol. The first-order valence-corrected chi connectivity index (χ1v) is 6.89. The number of anilines is 1. The van der Waals surface area contributed by atoms with E-state index in [1.165, 1.54) is 7.11 Å². The van der Waals surface area contributed by atoms with Gasteiger partial charge in [-0.2, -0.15) is 0 Å². The number of nitrogens with zero attached hydrogens (tertiary/aromatic N) is 1. The maximum atomic E-state index is 11.3. The Morgan fingerprint density at radius 1 is 1.27 bits per heavy atom. The summed E-state index contributed by atoms with van der Waals surface area (Å²) < 4.78 is 10.4. The molecule has 0 aliphatic heterocycles. The summed E-state index contributed by atoms with van der Waals surface area (Å²) in [5.41, 5.74) is 10.6. The molecule has 0 aliphatic rings. The molecule has 1 aromatic heterocycles. The van der Waals surface area contributed by atoms with Crippen molar-refractivity contribution in [3.05, 3.63) is 47.5 Å². The number of carbonyl (C=O) groups is 1. The molecule has 0 saturated carbocycles. The smallest absolute Gasteiger partial charge is 0.309 e. The van der Waals surface area contributed by atoms with Gasteiger partial charge >= 0.3 is 5.97 Å². The van der Waals surface area contributed by atoms with Crippen molar-refractivity contribution in [2.75, 3.05) is 12.8 Å². The third kappa shape index (κ3) is 2.65. The highest BCUT2D eigenvalue weighted by atomic mass is 16.5. The molecule has 0 fully saturated rings. The van der Waals surface area contributed by atoms with Crippen molar-refractivity contribution in [2.45, 2.75) is 13.3 Å². The van der Waals surface area contributed by atoms with Crippen LogP contribution in [0.2, 0.25) is 0 Å². The monoisotopic (exact) mass is 296 g/mol. The zero-order valence-corrected chi connectivity index (χ0v) is 12.4. The highest BCUT2D eigenvalue weighted by Crippen LogP contribution is 2.27. The van der Waals surface area contributed by atoms with Crippen molar-refractivity contribution >= 4 is 22.8 Å². The molecule has 5 heteroatoms. The second-order valence-corrected chi connectivity index (χ2v) is 5.15. The molecule has 22 heavy (non-hydrogen) atoms. The second kappa shape index (κ2) is 5.52. The Hall–Kier alpha value is -2.82. The van der Waals surface area contributed by atoms with Gasteiger partial charge in [-0.15, -0.1) is 0 Å². The van der Waals surface area contributed by atoms with Crippen molar-refractivity contribution in [2.24, 2.45) is 0 Å². The summed E-state index contributed by atoms with van der Waals surface area (Å²) in [4.78, 5) is 15.8. The van der Waals surface area contributed by atoms with E-state index >= 15 is 0 Å². The van der Waals surface area contributed by atoms with Gasteiger partial charge in [-0.3, -0.25) is 4.79 Å². The molecule has 5 nitrogen and oxygen atoms in total. The van der Waals surface area contributed by atoms with Crippen LogP contribution in [0, 0.1) is 6.92 Å². The Morgan fingerprint density at radius 2 is 2.09 bits per heavy atom. The van der Waals surface area contributed by atoms with Crippen LogP contribution in [0.25, 0.3) is 22.6 Å².